The number of nitrogens with one attached hydrogen (secondary N) is 2. The van der Waals surface area contributed by atoms with Crippen LogP contribution in [0.15, 0.2) is 5.38 Å². The molecule has 0 spiro atoms. The van der Waals surface area contributed by atoms with Gasteiger partial charge in [-0.15, -0.1) is 11.3 Å². The fraction of sp³-hybridized carbons (Fsp3) is 0.692. The van der Waals surface area contributed by atoms with Crippen molar-refractivity contribution in [3.8, 4) is 0 Å². The Kier molecular flexibility index (Phi) is 6.29. The largest absolute Gasteiger partial charge is 0.356 e. The minimum absolute atomic E-state index is 0.109. The molecule has 1 amide bonds. The summed E-state index contributed by atoms with van der Waals surface area (Å²) in [7, 11) is 0. The van der Waals surface area contributed by atoms with Gasteiger partial charge in [-0.05, 0) is 19.8 Å². The standard InChI is InChI=1S/C13H23N3OS/c1-9(2)7-15-13(17)5-6-14-10(3)12-8-18-11(4)16-12/h8-10,14H,5-7H2,1-4H3,(H,15,17). The zero-order valence-corrected chi connectivity index (χ0v) is 12.4. The molecule has 5 heteroatoms. The van der Waals surface area contributed by atoms with E-state index in [-0.39, 0.29) is 11.9 Å². The molecule has 0 bridgehead atoms. The van der Waals surface area contributed by atoms with Gasteiger partial charge in [-0.2, -0.15) is 0 Å². The molecule has 0 saturated carbocycles. The van der Waals surface area contributed by atoms with Gasteiger partial charge in [0.2, 0.25) is 5.91 Å². The zero-order chi connectivity index (χ0) is 13.5. The Morgan fingerprint density at radius 2 is 2.17 bits per heavy atom. The number of nitrogens with zero attached hydrogens (tertiary/aromatic N) is 1. The normalized spacial score (nSPS) is 12.7. The van der Waals surface area contributed by atoms with E-state index in [1.807, 2.05) is 6.92 Å². The van der Waals surface area contributed by atoms with E-state index in [1.54, 1.807) is 11.3 Å². The number of carbonyl (C=O) groups is 1. The van der Waals surface area contributed by atoms with Crippen LogP contribution in [0.5, 0.6) is 0 Å². The lowest BCUT2D eigenvalue weighted by Gasteiger charge is -2.12. The maximum absolute atomic E-state index is 11.5. The molecule has 0 aromatic carbocycles. The minimum Gasteiger partial charge on any atom is -0.356 e. The second-order valence-corrected chi connectivity index (χ2v) is 5.98. The van der Waals surface area contributed by atoms with Crippen LogP contribution in [0.4, 0.5) is 0 Å². The SMILES string of the molecule is Cc1nc(C(C)NCCC(=O)NCC(C)C)cs1. The fourth-order valence-corrected chi connectivity index (χ4v) is 2.20. The van der Waals surface area contributed by atoms with Crippen LogP contribution in [0, 0.1) is 12.8 Å². The van der Waals surface area contributed by atoms with Gasteiger partial charge in [0, 0.05) is 30.9 Å². The van der Waals surface area contributed by atoms with E-state index in [4.69, 9.17) is 0 Å². The molecule has 0 aliphatic carbocycles. The van der Waals surface area contributed by atoms with Crippen molar-refractivity contribution in [3.63, 3.8) is 0 Å². The Balaban J connectivity index is 2.19. The average molecular weight is 269 g/mol. The summed E-state index contributed by atoms with van der Waals surface area (Å²) in [5.74, 6) is 0.608. The van der Waals surface area contributed by atoms with Gasteiger partial charge in [-0.25, -0.2) is 4.98 Å². The van der Waals surface area contributed by atoms with E-state index < -0.39 is 0 Å². The van der Waals surface area contributed by atoms with Gasteiger partial charge in [0.15, 0.2) is 0 Å². The van der Waals surface area contributed by atoms with Crippen molar-refractivity contribution in [2.24, 2.45) is 5.92 Å². The maximum Gasteiger partial charge on any atom is 0.221 e. The monoisotopic (exact) mass is 269 g/mol. The van der Waals surface area contributed by atoms with Crippen molar-refractivity contribution in [2.45, 2.75) is 40.2 Å². The summed E-state index contributed by atoms with van der Waals surface area (Å²) >= 11 is 1.65. The predicted molar refractivity (Wildman–Crippen MR) is 75.7 cm³/mol. The molecule has 1 aromatic heterocycles. The van der Waals surface area contributed by atoms with Crippen molar-refractivity contribution in [3.05, 3.63) is 16.1 Å². The first-order chi connectivity index (χ1) is 8.49. The molecule has 0 fully saturated rings. The lowest BCUT2D eigenvalue weighted by molar-refractivity contribution is -0.121. The van der Waals surface area contributed by atoms with E-state index in [0.29, 0.717) is 18.9 Å². The number of aryl methyl sites for hydroxylation is 1. The molecule has 0 aliphatic rings. The molecule has 1 atom stereocenters. The minimum atomic E-state index is 0.109. The Hall–Kier alpha value is -0.940. The van der Waals surface area contributed by atoms with Crippen molar-refractivity contribution in [1.29, 1.82) is 0 Å². The Bertz CT molecular complexity index is 376. The van der Waals surface area contributed by atoms with Gasteiger partial charge < -0.3 is 10.6 Å². The predicted octanol–water partition coefficient (Wildman–Crippen LogP) is 2.26. The van der Waals surface area contributed by atoms with Crippen LogP contribution in [0.25, 0.3) is 0 Å². The fourth-order valence-electron chi connectivity index (χ4n) is 1.49. The molecule has 0 aliphatic heterocycles. The van der Waals surface area contributed by atoms with Crippen molar-refractivity contribution >= 4 is 17.2 Å². The number of rotatable bonds is 7. The van der Waals surface area contributed by atoms with E-state index in [9.17, 15) is 4.79 Å². The Morgan fingerprint density at radius 1 is 1.44 bits per heavy atom. The first-order valence-electron chi connectivity index (χ1n) is 6.41. The van der Waals surface area contributed by atoms with E-state index in [0.717, 1.165) is 17.2 Å². The summed E-state index contributed by atoms with van der Waals surface area (Å²) in [6.07, 6.45) is 0.514. The quantitative estimate of drug-likeness (QED) is 0.798. The number of hydrogen-bond donors (Lipinski definition) is 2. The highest BCUT2D eigenvalue weighted by Gasteiger charge is 2.09. The highest BCUT2D eigenvalue weighted by atomic mass is 32.1. The number of aromatic nitrogens is 1. The second kappa shape index (κ2) is 7.48. The second-order valence-electron chi connectivity index (χ2n) is 4.92. The highest BCUT2D eigenvalue weighted by Crippen LogP contribution is 2.15. The molecular formula is C13H23N3OS. The zero-order valence-electron chi connectivity index (χ0n) is 11.6. The highest BCUT2D eigenvalue weighted by molar-refractivity contribution is 7.09. The summed E-state index contributed by atoms with van der Waals surface area (Å²) in [4.78, 5) is 15.9. The molecule has 0 radical (unpaired) electrons. The number of carbonyl (C=O) groups excluding carboxylic acids is 1. The van der Waals surface area contributed by atoms with Crippen LogP contribution < -0.4 is 10.6 Å². The third-order valence-corrected chi connectivity index (χ3v) is 3.38. The third kappa shape index (κ3) is 5.60. The first kappa shape index (κ1) is 15.1. The van der Waals surface area contributed by atoms with Crippen LogP contribution in [0.1, 0.15) is 43.9 Å². The van der Waals surface area contributed by atoms with Gasteiger partial charge in [-0.3, -0.25) is 4.79 Å². The van der Waals surface area contributed by atoms with Gasteiger partial charge in [-0.1, -0.05) is 13.8 Å². The Labute approximate surface area is 113 Å². The number of thiazole rings is 1. The molecule has 2 N–H and O–H groups in total. The molecule has 102 valence electrons. The van der Waals surface area contributed by atoms with Crippen molar-refractivity contribution in [1.82, 2.24) is 15.6 Å². The lowest BCUT2D eigenvalue weighted by atomic mass is 10.2. The number of hydrogen-bond acceptors (Lipinski definition) is 4. The molecule has 0 saturated heterocycles. The smallest absolute Gasteiger partial charge is 0.221 e. The van der Waals surface area contributed by atoms with E-state index in [1.165, 1.54) is 0 Å². The topological polar surface area (TPSA) is 54.0 Å². The van der Waals surface area contributed by atoms with Gasteiger partial charge in [0.05, 0.1) is 10.7 Å². The van der Waals surface area contributed by atoms with Crippen LogP contribution in [0.3, 0.4) is 0 Å². The van der Waals surface area contributed by atoms with E-state index >= 15 is 0 Å². The van der Waals surface area contributed by atoms with Crippen LogP contribution in [0.2, 0.25) is 0 Å². The van der Waals surface area contributed by atoms with Crippen molar-refractivity contribution in [2.75, 3.05) is 13.1 Å². The molecule has 1 aromatic rings. The van der Waals surface area contributed by atoms with Crippen LogP contribution in [-0.4, -0.2) is 24.0 Å². The summed E-state index contributed by atoms with van der Waals surface area (Å²) in [6.45, 7) is 9.68. The maximum atomic E-state index is 11.5. The Morgan fingerprint density at radius 3 is 2.72 bits per heavy atom. The molecule has 1 heterocycles. The summed E-state index contributed by atoms with van der Waals surface area (Å²) in [5.41, 5.74) is 1.06. The first-order valence-corrected chi connectivity index (χ1v) is 7.29. The summed E-state index contributed by atoms with van der Waals surface area (Å²) < 4.78 is 0. The lowest BCUT2D eigenvalue weighted by Crippen LogP contribution is -2.31. The van der Waals surface area contributed by atoms with Crippen LogP contribution in [-0.2, 0) is 4.79 Å². The van der Waals surface area contributed by atoms with E-state index in [2.05, 4.69) is 41.8 Å². The summed E-state index contributed by atoms with van der Waals surface area (Å²) in [6, 6.07) is 0.202. The van der Waals surface area contributed by atoms with Crippen LogP contribution >= 0.6 is 11.3 Å². The van der Waals surface area contributed by atoms with Gasteiger partial charge in [0.25, 0.3) is 0 Å². The van der Waals surface area contributed by atoms with Crippen molar-refractivity contribution < 1.29 is 4.79 Å². The molecular weight excluding hydrogens is 246 g/mol. The molecule has 1 rings (SSSR count). The number of amides is 1. The average Bonchev–Trinajstić information content (AvgIpc) is 2.73. The van der Waals surface area contributed by atoms with Gasteiger partial charge >= 0.3 is 0 Å². The van der Waals surface area contributed by atoms with Gasteiger partial charge in [0.1, 0.15) is 0 Å². The molecule has 4 nitrogen and oxygen atoms in total. The third-order valence-electron chi connectivity index (χ3n) is 2.59. The summed E-state index contributed by atoms with van der Waals surface area (Å²) in [5, 5.41) is 9.36. The molecule has 18 heavy (non-hydrogen) atoms. The molecule has 1 unspecified atom stereocenters.